The Labute approximate surface area is 145 Å². The third-order valence-electron chi connectivity index (χ3n) is 2.91. The van der Waals surface area contributed by atoms with E-state index in [9.17, 15) is 0 Å². The van der Waals surface area contributed by atoms with E-state index in [-0.39, 0.29) is 0 Å². The van der Waals surface area contributed by atoms with Crippen molar-refractivity contribution in [2.75, 3.05) is 13.1 Å². The topological polar surface area (TPSA) is 40.5 Å². The van der Waals surface area contributed by atoms with Gasteiger partial charge in [-0.15, -0.1) is 0 Å². The number of piperidine rings is 1. The summed E-state index contributed by atoms with van der Waals surface area (Å²) in [7, 11) is 9.34. The summed E-state index contributed by atoms with van der Waals surface area (Å²) in [6.07, 6.45) is 5.43. The minimum absolute atomic E-state index is 0.707. The molecule has 0 bridgehead atoms. The van der Waals surface area contributed by atoms with Crippen molar-refractivity contribution >= 4 is 43.7 Å². The molecule has 0 aliphatic carbocycles. The predicted molar refractivity (Wildman–Crippen MR) is 89.4 cm³/mol. The molecule has 1 aliphatic heterocycles. The molecule has 0 atom stereocenters. The Morgan fingerprint density at radius 2 is 2.05 bits per heavy atom. The molecule has 0 amide bonds. The summed E-state index contributed by atoms with van der Waals surface area (Å²) in [5.74, 6) is 0. The third-order valence-corrected chi connectivity index (χ3v) is 3.26. The zero-order valence-electron chi connectivity index (χ0n) is 11.7. The van der Waals surface area contributed by atoms with Crippen molar-refractivity contribution < 1.29 is 13.1 Å². The van der Waals surface area contributed by atoms with Crippen LogP contribution in [0.15, 0.2) is 23.3 Å². The number of hydrogen-bond acceptors (Lipinski definition) is 3. The summed E-state index contributed by atoms with van der Waals surface area (Å²) in [5.41, 5.74) is 4.73. The van der Waals surface area contributed by atoms with Gasteiger partial charge < -0.3 is 4.90 Å². The molecule has 1 N–H and O–H groups in total. The van der Waals surface area contributed by atoms with Crippen molar-refractivity contribution in [1.82, 2.24) is 15.3 Å². The van der Waals surface area contributed by atoms with Crippen molar-refractivity contribution in [2.24, 2.45) is 5.10 Å². The maximum absolute atomic E-state index is 5.30. The molecule has 0 unspecified atom stereocenters. The first-order valence-electron chi connectivity index (χ1n) is 6.50. The van der Waals surface area contributed by atoms with Crippen LogP contribution in [0.25, 0.3) is 0 Å². The second-order valence-electron chi connectivity index (χ2n) is 4.47. The van der Waals surface area contributed by atoms with Crippen LogP contribution in [0.5, 0.6) is 0 Å². The fourth-order valence-electron chi connectivity index (χ4n) is 1.96. The zero-order chi connectivity index (χ0) is 15.5. The summed E-state index contributed by atoms with van der Waals surface area (Å²) in [5, 5.41) is 4.84. The van der Waals surface area contributed by atoms with E-state index < -0.39 is 0 Å². The van der Waals surface area contributed by atoms with Crippen LogP contribution in [0.3, 0.4) is 0 Å². The van der Waals surface area contributed by atoms with Crippen LogP contribution in [-0.4, -0.2) is 34.3 Å². The van der Waals surface area contributed by atoms with Gasteiger partial charge in [-0.25, -0.2) is 0 Å². The first kappa shape index (κ1) is 18.7. The zero-order valence-corrected chi connectivity index (χ0v) is 14.9. The number of likely N-dealkylation sites (tertiary alicyclic amines) is 1. The molecule has 1 aromatic heterocycles. The molecule has 21 heavy (non-hydrogen) atoms. The van der Waals surface area contributed by atoms with Gasteiger partial charge in [0.2, 0.25) is 0 Å². The Hall–Kier alpha value is -0.391. The number of halogens is 2. The second kappa shape index (κ2) is 11.2. The van der Waals surface area contributed by atoms with Gasteiger partial charge in [-0.2, -0.15) is 5.10 Å². The molecule has 0 saturated carbocycles. The number of hydrogen-bond donors (Lipinski definition) is 1. The van der Waals surface area contributed by atoms with Crippen LogP contribution in [0.1, 0.15) is 30.7 Å². The number of aromatic nitrogens is 1. The summed E-state index contributed by atoms with van der Waals surface area (Å²) in [6.45, 7) is 4.03. The first-order chi connectivity index (χ1) is 10.2. The Balaban J connectivity index is 0.000000677. The van der Waals surface area contributed by atoms with Gasteiger partial charge in [-0.1, -0.05) is 6.07 Å². The molecule has 4 nitrogen and oxygen atoms in total. The Bertz CT molecular complexity index is 467. The Kier molecular flexibility index (Phi) is 9.96. The molecule has 1 fully saturated rings. The molecular formula is C13H18Cl2CuN4S. The molecule has 1 aromatic rings. The van der Waals surface area contributed by atoms with E-state index >= 15 is 0 Å². The van der Waals surface area contributed by atoms with Gasteiger partial charge in [-0.05, 0) is 50.5 Å². The van der Waals surface area contributed by atoms with E-state index in [1.54, 1.807) is 6.21 Å². The molecule has 0 spiro atoms. The third kappa shape index (κ3) is 7.98. The van der Waals surface area contributed by atoms with Gasteiger partial charge >= 0.3 is 33.3 Å². The molecule has 1 aliphatic rings. The summed E-state index contributed by atoms with van der Waals surface area (Å²) < 4.78 is 0. The first-order valence-corrected chi connectivity index (χ1v) is 9.50. The second-order valence-corrected chi connectivity index (χ2v) is 6.41. The van der Waals surface area contributed by atoms with Gasteiger partial charge in [0.25, 0.3) is 0 Å². The number of nitrogens with one attached hydrogen (secondary N) is 1. The molecule has 1 saturated heterocycles. The maximum atomic E-state index is 5.30. The quantitative estimate of drug-likeness (QED) is 0.360. The normalized spacial score (nSPS) is 14.7. The molecule has 121 valence electrons. The van der Waals surface area contributed by atoms with Crippen molar-refractivity contribution in [3.63, 3.8) is 0 Å². The summed E-state index contributed by atoms with van der Waals surface area (Å²) >= 11 is 6.05. The number of rotatable bonds is 2. The number of pyridine rings is 1. The van der Waals surface area contributed by atoms with Crippen molar-refractivity contribution in [3.05, 3.63) is 29.6 Å². The van der Waals surface area contributed by atoms with E-state index in [2.05, 4.69) is 40.6 Å². The van der Waals surface area contributed by atoms with Crippen molar-refractivity contribution in [3.8, 4) is 0 Å². The molecule has 2 rings (SSSR count). The van der Waals surface area contributed by atoms with Gasteiger partial charge in [0.15, 0.2) is 5.11 Å². The fraction of sp³-hybridized carbons (Fsp3) is 0.462. The Morgan fingerprint density at radius 3 is 2.67 bits per heavy atom. The molecule has 8 heteroatoms. The van der Waals surface area contributed by atoms with Crippen LogP contribution < -0.4 is 5.43 Å². The van der Waals surface area contributed by atoms with E-state index in [1.807, 2.05) is 25.1 Å². The SMILES string of the molecule is Cc1cccc(/C=N/NC(=S)N2CCCCC2)n1.[Cl][Cu][Cl]. The average Bonchev–Trinajstić information content (AvgIpc) is 2.49. The molecular weight excluding hydrogens is 379 g/mol. The van der Waals surface area contributed by atoms with Gasteiger partial charge in [-0.3, -0.25) is 10.4 Å². The van der Waals surface area contributed by atoms with Crippen LogP contribution >= 0.6 is 32.4 Å². The van der Waals surface area contributed by atoms with E-state index in [0.29, 0.717) is 5.11 Å². The van der Waals surface area contributed by atoms with E-state index in [1.165, 1.54) is 19.3 Å². The molecule has 0 aromatic carbocycles. The van der Waals surface area contributed by atoms with Crippen molar-refractivity contribution in [1.29, 1.82) is 0 Å². The van der Waals surface area contributed by atoms with Crippen LogP contribution in [0, 0.1) is 6.92 Å². The van der Waals surface area contributed by atoms with E-state index in [0.717, 1.165) is 37.6 Å². The fourth-order valence-corrected chi connectivity index (χ4v) is 2.19. The van der Waals surface area contributed by atoms with Gasteiger partial charge in [0.05, 0.1) is 11.9 Å². The average molecular weight is 397 g/mol. The standard InChI is InChI=1S/C13H18N4S.2ClH.Cu/c1-11-6-5-7-12(15-11)10-14-16-13(18)17-8-3-2-4-9-17;;;/h5-7,10H,2-4,8-9H2,1H3,(H,16,18);2*1H;/q;;;+2/p-2/b14-10+;;;. The van der Waals surface area contributed by atoms with Crippen LogP contribution in [0.4, 0.5) is 0 Å². The molecule has 2 heterocycles. The number of thiocarbonyl (C=S) groups is 1. The van der Waals surface area contributed by atoms with Crippen molar-refractivity contribution in [2.45, 2.75) is 26.2 Å². The number of nitrogens with zero attached hydrogens (tertiary/aromatic N) is 3. The monoisotopic (exact) mass is 395 g/mol. The number of aryl methyl sites for hydroxylation is 1. The Morgan fingerprint density at radius 1 is 1.38 bits per heavy atom. The minimum atomic E-state index is 0.707. The van der Waals surface area contributed by atoms with Crippen LogP contribution in [0.2, 0.25) is 0 Å². The molecule has 0 radical (unpaired) electrons. The summed E-state index contributed by atoms with van der Waals surface area (Å²) in [4.78, 5) is 6.50. The van der Waals surface area contributed by atoms with E-state index in [4.69, 9.17) is 12.2 Å². The van der Waals surface area contributed by atoms with Gasteiger partial charge in [0.1, 0.15) is 0 Å². The predicted octanol–water partition coefficient (Wildman–Crippen LogP) is 3.46. The van der Waals surface area contributed by atoms with Gasteiger partial charge in [0, 0.05) is 18.8 Å². The van der Waals surface area contributed by atoms with Crippen LogP contribution in [-0.2, 0) is 13.1 Å². The number of hydrazone groups is 1. The summed E-state index contributed by atoms with van der Waals surface area (Å²) in [6, 6.07) is 5.85.